The van der Waals surface area contributed by atoms with Crippen molar-refractivity contribution in [3.63, 3.8) is 0 Å². The van der Waals surface area contributed by atoms with Gasteiger partial charge in [0.2, 0.25) is 0 Å². The van der Waals surface area contributed by atoms with Gasteiger partial charge in [0.05, 0.1) is 12.1 Å². The Morgan fingerprint density at radius 2 is 2.05 bits per heavy atom. The standard InChI is InChI=1S/C16H28N4O/c1-4-7-13-18-14(17-9-5-2)11-15(19-13)20-16(3)8-6-10-21-12-16/h11H,4-10,12H2,1-3H3,(H2,17,18,19,20). The zero-order valence-corrected chi connectivity index (χ0v) is 13.5. The molecule has 2 heterocycles. The van der Waals surface area contributed by atoms with Crippen LogP contribution in [0.2, 0.25) is 0 Å². The molecule has 0 aromatic carbocycles. The first-order valence-electron chi connectivity index (χ1n) is 8.13. The van der Waals surface area contributed by atoms with Crippen molar-refractivity contribution < 1.29 is 4.74 Å². The highest BCUT2D eigenvalue weighted by molar-refractivity contribution is 5.49. The van der Waals surface area contributed by atoms with E-state index in [0.717, 1.165) is 69.3 Å². The summed E-state index contributed by atoms with van der Waals surface area (Å²) < 4.78 is 5.61. The molecule has 0 spiro atoms. The van der Waals surface area contributed by atoms with E-state index in [-0.39, 0.29) is 5.54 Å². The predicted octanol–water partition coefficient (Wildman–Crippen LogP) is 3.23. The van der Waals surface area contributed by atoms with Crippen molar-refractivity contribution in [1.29, 1.82) is 0 Å². The molecule has 1 saturated heterocycles. The van der Waals surface area contributed by atoms with Gasteiger partial charge < -0.3 is 15.4 Å². The topological polar surface area (TPSA) is 59.1 Å². The lowest BCUT2D eigenvalue weighted by atomic mass is 9.95. The molecule has 1 aliphatic rings. The van der Waals surface area contributed by atoms with Gasteiger partial charge >= 0.3 is 0 Å². The molecule has 1 atom stereocenters. The van der Waals surface area contributed by atoms with Crippen LogP contribution in [0, 0.1) is 0 Å². The van der Waals surface area contributed by atoms with Gasteiger partial charge in [0.25, 0.3) is 0 Å². The molecule has 0 amide bonds. The molecule has 21 heavy (non-hydrogen) atoms. The third-order valence-electron chi connectivity index (χ3n) is 3.67. The van der Waals surface area contributed by atoms with Gasteiger partial charge in [-0.3, -0.25) is 0 Å². The maximum absolute atomic E-state index is 5.61. The van der Waals surface area contributed by atoms with E-state index in [0.29, 0.717) is 0 Å². The molecule has 0 bridgehead atoms. The Kier molecular flexibility index (Phi) is 5.79. The zero-order valence-electron chi connectivity index (χ0n) is 13.5. The number of nitrogens with one attached hydrogen (secondary N) is 2. The predicted molar refractivity (Wildman–Crippen MR) is 86.9 cm³/mol. The van der Waals surface area contributed by atoms with Crippen LogP contribution in [0.15, 0.2) is 6.07 Å². The summed E-state index contributed by atoms with van der Waals surface area (Å²) in [7, 11) is 0. The Hall–Kier alpha value is -1.36. The van der Waals surface area contributed by atoms with Crippen molar-refractivity contribution in [2.24, 2.45) is 0 Å². The highest BCUT2D eigenvalue weighted by Gasteiger charge is 2.28. The number of rotatable bonds is 7. The first-order valence-corrected chi connectivity index (χ1v) is 8.13. The third kappa shape index (κ3) is 4.84. The van der Waals surface area contributed by atoms with Crippen molar-refractivity contribution >= 4 is 11.6 Å². The smallest absolute Gasteiger partial charge is 0.133 e. The second kappa shape index (κ2) is 7.59. The highest BCUT2D eigenvalue weighted by atomic mass is 16.5. The number of aryl methyl sites for hydroxylation is 1. The van der Waals surface area contributed by atoms with Crippen LogP contribution in [0.25, 0.3) is 0 Å². The molecule has 0 aliphatic carbocycles. The normalized spacial score (nSPS) is 22.0. The minimum absolute atomic E-state index is 0.0296. The van der Waals surface area contributed by atoms with E-state index < -0.39 is 0 Å². The molecule has 118 valence electrons. The molecule has 1 aromatic heterocycles. The summed E-state index contributed by atoms with van der Waals surface area (Å²) in [4.78, 5) is 9.24. The van der Waals surface area contributed by atoms with E-state index in [1.807, 2.05) is 6.07 Å². The Bertz CT molecular complexity index is 444. The molecule has 5 heteroatoms. The lowest BCUT2D eigenvalue weighted by molar-refractivity contribution is 0.0539. The third-order valence-corrected chi connectivity index (χ3v) is 3.67. The molecule has 2 N–H and O–H groups in total. The number of aromatic nitrogens is 2. The monoisotopic (exact) mass is 292 g/mol. The van der Waals surface area contributed by atoms with Crippen LogP contribution in [0.3, 0.4) is 0 Å². The average Bonchev–Trinajstić information content (AvgIpc) is 2.45. The van der Waals surface area contributed by atoms with Gasteiger partial charge in [0, 0.05) is 25.6 Å². The fourth-order valence-corrected chi connectivity index (χ4v) is 2.58. The largest absolute Gasteiger partial charge is 0.379 e. The minimum atomic E-state index is -0.0296. The summed E-state index contributed by atoms with van der Waals surface area (Å²) in [6.07, 6.45) is 5.25. The molecular weight excluding hydrogens is 264 g/mol. The van der Waals surface area contributed by atoms with Gasteiger partial charge in [0.1, 0.15) is 17.5 Å². The zero-order chi connectivity index (χ0) is 15.1. The van der Waals surface area contributed by atoms with Gasteiger partial charge in [-0.15, -0.1) is 0 Å². The van der Waals surface area contributed by atoms with Crippen LogP contribution in [0.5, 0.6) is 0 Å². The summed E-state index contributed by atoms with van der Waals surface area (Å²) in [5.41, 5.74) is -0.0296. The number of anilines is 2. The quantitative estimate of drug-likeness (QED) is 0.808. The SMILES string of the molecule is CCCNc1cc(NC2(C)CCCOC2)nc(CCC)n1. The van der Waals surface area contributed by atoms with Crippen LogP contribution < -0.4 is 10.6 Å². The fourth-order valence-electron chi connectivity index (χ4n) is 2.58. The van der Waals surface area contributed by atoms with Gasteiger partial charge in [0.15, 0.2) is 0 Å². The van der Waals surface area contributed by atoms with Crippen molar-refractivity contribution in [2.75, 3.05) is 30.4 Å². The number of hydrogen-bond acceptors (Lipinski definition) is 5. The van der Waals surface area contributed by atoms with Crippen molar-refractivity contribution in [2.45, 2.75) is 58.4 Å². The number of nitrogens with zero attached hydrogens (tertiary/aromatic N) is 2. The van der Waals surface area contributed by atoms with E-state index >= 15 is 0 Å². The Morgan fingerprint density at radius 3 is 2.71 bits per heavy atom. The Morgan fingerprint density at radius 1 is 1.24 bits per heavy atom. The van der Waals surface area contributed by atoms with Crippen LogP contribution in [-0.2, 0) is 11.2 Å². The van der Waals surface area contributed by atoms with E-state index in [1.54, 1.807) is 0 Å². The fraction of sp³-hybridized carbons (Fsp3) is 0.750. The van der Waals surface area contributed by atoms with Gasteiger partial charge in [-0.2, -0.15) is 0 Å². The van der Waals surface area contributed by atoms with Crippen molar-refractivity contribution in [1.82, 2.24) is 9.97 Å². The average molecular weight is 292 g/mol. The minimum Gasteiger partial charge on any atom is -0.379 e. The first-order chi connectivity index (χ1) is 10.1. The highest BCUT2D eigenvalue weighted by Crippen LogP contribution is 2.24. The molecule has 1 aromatic rings. The molecule has 1 aliphatic heterocycles. The van der Waals surface area contributed by atoms with Crippen LogP contribution in [0.4, 0.5) is 11.6 Å². The maximum Gasteiger partial charge on any atom is 0.133 e. The lowest BCUT2D eigenvalue weighted by Crippen LogP contribution is -2.43. The first kappa shape index (κ1) is 16.0. The Labute approximate surface area is 127 Å². The molecule has 1 fully saturated rings. The Balaban J connectivity index is 2.14. The summed E-state index contributed by atoms with van der Waals surface area (Å²) in [6.45, 7) is 9.04. The van der Waals surface area contributed by atoms with E-state index in [4.69, 9.17) is 4.74 Å². The van der Waals surface area contributed by atoms with E-state index in [1.165, 1.54) is 0 Å². The molecule has 2 rings (SSSR count). The molecule has 0 saturated carbocycles. The van der Waals surface area contributed by atoms with Gasteiger partial charge in [-0.25, -0.2) is 9.97 Å². The van der Waals surface area contributed by atoms with Crippen LogP contribution >= 0.6 is 0 Å². The number of hydrogen-bond donors (Lipinski definition) is 2. The van der Waals surface area contributed by atoms with Crippen molar-refractivity contribution in [3.8, 4) is 0 Å². The van der Waals surface area contributed by atoms with Gasteiger partial charge in [-0.1, -0.05) is 13.8 Å². The molecule has 5 nitrogen and oxygen atoms in total. The lowest BCUT2D eigenvalue weighted by Gasteiger charge is -2.34. The second-order valence-corrected chi connectivity index (χ2v) is 6.07. The molecular formula is C16H28N4O. The maximum atomic E-state index is 5.61. The molecule has 0 radical (unpaired) electrons. The van der Waals surface area contributed by atoms with Crippen molar-refractivity contribution in [3.05, 3.63) is 11.9 Å². The second-order valence-electron chi connectivity index (χ2n) is 6.07. The van der Waals surface area contributed by atoms with Crippen LogP contribution in [-0.4, -0.2) is 35.3 Å². The summed E-state index contributed by atoms with van der Waals surface area (Å²) in [6, 6.07) is 2.01. The number of ether oxygens (including phenoxy) is 1. The van der Waals surface area contributed by atoms with E-state index in [9.17, 15) is 0 Å². The van der Waals surface area contributed by atoms with Gasteiger partial charge in [-0.05, 0) is 32.6 Å². The van der Waals surface area contributed by atoms with Crippen LogP contribution in [0.1, 0.15) is 52.3 Å². The summed E-state index contributed by atoms with van der Waals surface area (Å²) in [5, 5.41) is 6.92. The summed E-state index contributed by atoms with van der Waals surface area (Å²) in [5.74, 6) is 2.72. The molecule has 1 unspecified atom stereocenters. The summed E-state index contributed by atoms with van der Waals surface area (Å²) >= 11 is 0. The van der Waals surface area contributed by atoms with E-state index in [2.05, 4.69) is 41.4 Å².